The van der Waals surface area contributed by atoms with Gasteiger partial charge >= 0.3 is 5.97 Å². The summed E-state index contributed by atoms with van der Waals surface area (Å²) in [5.74, 6) is 0.143. The minimum atomic E-state index is -0.346. The van der Waals surface area contributed by atoms with Gasteiger partial charge in [-0.2, -0.15) is 0 Å². The minimum absolute atomic E-state index is 0.0228. The zero-order chi connectivity index (χ0) is 17.1. The van der Waals surface area contributed by atoms with E-state index in [1.165, 1.54) is 0 Å². The second kappa shape index (κ2) is 6.83. The Kier molecular flexibility index (Phi) is 4.61. The first kappa shape index (κ1) is 16.2. The van der Waals surface area contributed by atoms with Gasteiger partial charge in [0.05, 0.1) is 12.2 Å². The standard InChI is InChI=1S/C21H20O3/c1-14(2)11-12-24-21(23)17-9-10-19-16(13-17)8-7-15-5-3-4-6-18(15)20(19)22/h3-10,13-14H,11-12H2,1-2H3. The Morgan fingerprint density at radius 1 is 0.958 bits per heavy atom. The molecule has 3 aromatic rings. The molecule has 3 aromatic carbocycles. The molecule has 0 aliphatic carbocycles. The van der Waals surface area contributed by atoms with Crippen LogP contribution in [0.15, 0.2) is 59.4 Å². The van der Waals surface area contributed by atoms with E-state index in [-0.39, 0.29) is 11.4 Å². The Labute approximate surface area is 140 Å². The highest BCUT2D eigenvalue weighted by Gasteiger charge is 2.10. The fourth-order valence-corrected chi connectivity index (χ4v) is 2.68. The van der Waals surface area contributed by atoms with Crippen molar-refractivity contribution in [3.8, 4) is 0 Å². The van der Waals surface area contributed by atoms with Crippen LogP contribution in [0, 0.1) is 5.92 Å². The molecule has 24 heavy (non-hydrogen) atoms. The van der Waals surface area contributed by atoms with E-state index < -0.39 is 0 Å². The van der Waals surface area contributed by atoms with Crippen LogP contribution < -0.4 is 5.43 Å². The zero-order valence-electron chi connectivity index (χ0n) is 13.9. The zero-order valence-corrected chi connectivity index (χ0v) is 13.9. The van der Waals surface area contributed by atoms with Gasteiger partial charge in [0.15, 0.2) is 5.43 Å². The van der Waals surface area contributed by atoms with Crippen molar-refractivity contribution in [2.75, 3.05) is 6.61 Å². The number of hydrogen-bond acceptors (Lipinski definition) is 3. The molecule has 0 fully saturated rings. The van der Waals surface area contributed by atoms with Crippen molar-refractivity contribution in [2.45, 2.75) is 20.3 Å². The van der Waals surface area contributed by atoms with Crippen LogP contribution in [0.25, 0.3) is 21.5 Å². The first-order valence-corrected chi connectivity index (χ1v) is 8.19. The van der Waals surface area contributed by atoms with Crippen LogP contribution in [0.5, 0.6) is 0 Å². The summed E-state index contributed by atoms with van der Waals surface area (Å²) in [5.41, 5.74) is 0.450. The van der Waals surface area contributed by atoms with Crippen LogP contribution in [-0.2, 0) is 4.74 Å². The first-order valence-electron chi connectivity index (χ1n) is 8.19. The predicted octanol–water partition coefficient (Wildman–Crippen LogP) is 4.56. The maximum Gasteiger partial charge on any atom is 0.338 e. The fourth-order valence-electron chi connectivity index (χ4n) is 2.68. The van der Waals surface area contributed by atoms with Gasteiger partial charge in [-0.1, -0.05) is 50.2 Å². The highest BCUT2D eigenvalue weighted by molar-refractivity contribution is 5.98. The average molecular weight is 320 g/mol. The lowest BCUT2D eigenvalue weighted by molar-refractivity contribution is 0.0488. The van der Waals surface area contributed by atoms with E-state index in [0.29, 0.717) is 28.9 Å². The van der Waals surface area contributed by atoms with Gasteiger partial charge in [0.2, 0.25) is 0 Å². The predicted molar refractivity (Wildman–Crippen MR) is 97.5 cm³/mol. The molecule has 0 bridgehead atoms. The summed E-state index contributed by atoms with van der Waals surface area (Å²) in [4.78, 5) is 24.9. The largest absolute Gasteiger partial charge is 0.462 e. The molecule has 122 valence electrons. The van der Waals surface area contributed by atoms with Crippen LogP contribution in [0.4, 0.5) is 0 Å². The van der Waals surface area contributed by atoms with Crippen molar-refractivity contribution < 1.29 is 9.53 Å². The smallest absolute Gasteiger partial charge is 0.338 e. The number of rotatable bonds is 4. The van der Waals surface area contributed by atoms with Gasteiger partial charge < -0.3 is 4.74 Å². The molecular weight excluding hydrogens is 300 g/mol. The molecule has 0 amide bonds. The van der Waals surface area contributed by atoms with Crippen molar-refractivity contribution >= 4 is 27.5 Å². The molecule has 0 aromatic heterocycles. The summed E-state index contributed by atoms with van der Waals surface area (Å²) >= 11 is 0. The molecule has 0 heterocycles. The molecule has 3 rings (SSSR count). The SMILES string of the molecule is CC(C)CCOC(=O)c1ccc2c(=O)c3ccccc3ccc2c1. The van der Waals surface area contributed by atoms with Gasteiger partial charge in [-0.3, -0.25) is 4.79 Å². The third-order valence-electron chi connectivity index (χ3n) is 4.11. The molecule has 0 aliphatic heterocycles. The quantitative estimate of drug-likeness (QED) is 0.662. The van der Waals surface area contributed by atoms with E-state index in [1.54, 1.807) is 18.2 Å². The Bertz CT molecular complexity index is 958. The monoisotopic (exact) mass is 320 g/mol. The molecule has 3 nitrogen and oxygen atoms in total. The third kappa shape index (κ3) is 3.30. The maximum atomic E-state index is 12.7. The topological polar surface area (TPSA) is 43.4 Å². The number of ether oxygens (including phenoxy) is 1. The van der Waals surface area contributed by atoms with Crippen LogP contribution in [0.3, 0.4) is 0 Å². The fraction of sp³-hybridized carbons (Fsp3) is 0.238. The normalized spacial score (nSPS) is 11.1. The molecule has 0 spiro atoms. The number of carbonyl (C=O) groups is 1. The van der Waals surface area contributed by atoms with Crippen molar-refractivity contribution in [1.82, 2.24) is 0 Å². The molecule has 0 unspecified atom stereocenters. The Morgan fingerprint density at radius 2 is 1.67 bits per heavy atom. The summed E-state index contributed by atoms with van der Waals surface area (Å²) < 4.78 is 5.30. The molecule has 0 N–H and O–H groups in total. The van der Waals surface area contributed by atoms with E-state index in [4.69, 9.17) is 4.74 Å². The number of carbonyl (C=O) groups excluding carboxylic acids is 1. The summed E-state index contributed by atoms with van der Waals surface area (Å²) in [6.45, 7) is 4.59. The Balaban J connectivity index is 2.01. The Morgan fingerprint density at radius 3 is 2.46 bits per heavy atom. The summed E-state index contributed by atoms with van der Waals surface area (Å²) in [6, 6.07) is 16.4. The van der Waals surface area contributed by atoms with Gasteiger partial charge in [0.1, 0.15) is 0 Å². The minimum Gasteiger partial charge on any atom is -0.462 e. The lowest BCUT2D eigenvalue weighted by Crippen LogP contribution is -2.08. The number of hydrogen-bond donors (Lipinski definition) is 0. The lowest BCUT2D eigenvalue weighted by Gasteiger charge is -2.07. The van der Waals surface area contributed by atoms with Crippen LogP contribution >= 0.6 is 0 Å². The molecule has 0 atom stereocenters. The molecule has 0 saturated carbocycles. The Hall–Kier alpha value is -2.68. The van der Waals surface area contributed by atoms with Crippen molar-refractivity contribution in [3.05, 3.63) is 70.4 Å². The van der Waals surface area contributed by atoms with Crippen LogP contribution in [0.1, 0.15) is 30.6 Å². The van der Waals surface area contributed by atoms with Gasteiger partial charge in [-0.15, -0.1) is 0 Å². The van der Waals surface area contributed by atoms with Crippen molar-refractivity contribution in [2.24, 2.45) is 5.92 Å². The van der Waals surface area contributed by atoms with E-state index >= 15 is 0 Å². The number of benzene rings is 2. The number of fused-ring (bicyclic) bond motifs is 2. The van der Waals surface area contributed by atoms with Gasteiger partial charge in [0.25, 0.3) is 0 Å². The second-order valence-electron chi connectivity index (χ2n) is 6.37. The third-order valence-corrected chi connectivity index (χ3v) is 4.11. The van der Waals surface area contributed by atoms with E-state index in [0.717, 1.165) is 17.2 Å². The lowest BCUT2D eigenvalue weighted by atomic mass is 10.1. The molecule has 0 saturated heterocycles. The molecule has 0 aliphatic rings. The van der Waals surface area contributed by atoms with Crippen molar-refractivity contribution in [1.29, 1.82) is 0 Å². The van der Waals surface area contributed by atoms with E-state index in [9.17, 15) is 9.59 Å². The highest BCUT2D eigenvalue weighted by Crippen LogP contribution is 2.17. The van der Waals surface area contributed by atoms with Gasteiger partial charge in [0, 0.05) is 10.8 Å². The summed E-state index contributed by atoms with van der Waals surface area (Å²) in [7, 11) is 0. The first-order chi connectivity index (χ1) is 11.6. The highest BCUT2D eigenvalue weighted by atomic mass is 16.5. The van der Waals surface area contributed by atoms with Gasteiger partial charge in [-0.05, 0) is 41.3 Å². The van der Waals surface area contributed by atoms with Crippen LogP contribution in [0.2, 0.25) is 0 Å². The molecule has 3 heteroatoms. The van der Waals surface area contributed by atoms with E-state index in [2.05, 4.69) is 13.8 Å². The maximum absolute atomic E-state index is 12.7. The van der Waals surface area contributed by atoms with Crippen molar-refractivity contribution in [3.63, 3.8) is 0 Å². The average Bonchev–Trinajstić information content (AvgIpc) is 2.72. The molecule has 0 radical (unpaired) electrons. The molecular formula is C21H20O3. The summed E-state index contributed by atoms with van der Waals surface area (Å²) in [5, 5.41) is 2.92. The van der Waals surface area contributed by atoms with Crippen LogP contribution in [-0.4, -0.2) is 12.6 Å². The number of esters is 1. The van der Waals surface area contributed by atoms with Gasteiger partial charge in [-0.25, -0.2) is 4.79 Å². The second-order valence-corrected chi connectivity index (χ2v) is 6.37. The summed E-state index contributed by atoms with van der Waals surface area (Å²) in [6.07, 6.45) is 0.838. The van der Waals surface area contributed by atoms with E-state index in [1.807, 2.05) is 36.4 Å².